The van der Waals surface area contributed by atoms with Gasteiger partial charge in [-0.1, -0.05) is 18.2 Å². The molecule has 1 aromatic carbocycles. The van der Waals surface area contributed by atoms with Crippen molar-refractivity contribution in [3.63, 3.8) is 0 Å². The second-order valence-electron chi connectivity index (χ2n) is 11.7. The summed E-state index contributed by atoms with van der Waals surface area (Å²) in [4.78, 5) is 42.8. The number of aromatic amines is 1. The van der Waals surface area contributed by atoms with Crippen molar-refractivity contribution in [1.29, 1.82) is 0 Å². The highest BCUT2D eigenvalue weighted by atomic mass is 19.1. The van der Waals surface area contributed by atoms with Crippen molar-refractivity contribution >= 4 is 28.3 Å². The maximum Gasteiger partial charge on any atom is 0.270 e. The number of carbonyl (C=O) groups is 2. The monoisotopic (exact) mass is 622 g/mol. The van der Waals surface area contributed by atoms with E-state index < -0.39 is 5.82 Å². The lowest BCUT2D eigenvalue weighted by molar-refractivity contribution is -0.131. The number of aryl methyl sites for hydroxylation is 4. The highest BCUT2D eigenvalue weighted by Crippen LogP contribution is 2.38. The predicted octanol–water partition coefficient (Wildman–Crippen LogP) is 4.30. The number of carbonyl (C=O) groups excluding carboxylic acids is 2. The second-order valence-corrected chi connectivity index (χ2v) is 11.7. The molecule has 46 heavy (non-hydrogen) atoms. The van der Waals surface area contributed by atoms with Crippen LogP contribution in [0.15, 0.2) is 43.0 Å². The molecule has 0 aliphatic carbocycles. The Kier molecular flexibility index (Phi) is 7.67. The summed E-state index contributed by atoms with van der Waals surface area (Å²) in [5.41, 5.74) is 6.05. The van der Waals surface area contributed by atoms with Crippen LogP contribution in [-0.4, -0.2) is 74.4 Å². The van der Waals surface area contributed by atoms with Gasteiger partial charge in [0.05, 0.1) is 42.4 Å². The number of H-pyrrole nitrogens is 1. The van der Waals surface area contributed by atoms with Crippen LogP contribution in [0.25, 0.3) is 27.6 Å². The third kappa shape index (κ3) is 5.25. The minimum Gasteiger partial charge on any atom is -0.348 e. The molecular formula is C33H35FN10O2. The Hall–Kier alpha value is -5.20. The summed E-state index contributed by atoms with van der Waals surface area (Å²) in [6.07, 6.45) is 10.4. The number of halogens is 1. The average Bonchev–Trinajstić information content (AvgIpc) is 3.88. The molecule has 13 heteroatoms. The van der Waals surface area contributed by atoms with Crippen molar-refractivity contribution in [2.24, 2.45) is 0 Å². The normalized spacial score (nSPS) is 14.7. The molecule has 0 unspecified atom stereocenters. The summed E-state index contributed by atoms with van der Waals surface area (Å²) in [5, 5.41) is 12.7. The van der Waals surface area contributed by atoms with Gasteiger partial charge < -0.3 is 14.8 Å². The van der Waals surface area contributed by atoms with Crippen LogP contribution in [0.4, 0.5) is 4.39 Å². The van der Waals surface area contributed by atoms with Gasteiger partial charge in [-0.2, -0.15) is 5.10 Å². The Labute approximate surface area is 264 Å². The summed E-state index contributed by atoms with van der Waals surface area (Å²) >= 11 is 0. The first kappa shape index (κ1) is 29.5. The van der Waals surface area contributed by atoms with E-state index in [1.807, 2.05) is 43.8 Å². The van der Waals surface area contributed by atoms with Crippen LogP contribution in [0.2, 0.25) is 0 Å². The number of benzene rings is 1. The maximum atomic E-state index is 16.6. The first-order chi connectivity index (χ1) is 22.3. The minimum absolute atomic E-state index is 0.0337. The fraction of sp³-hybridized carbons (Fsp3) is 0.364. The maximum absolute atomic E-state index is 16.6. The Morgan fingerprint density at radius 3 is 2.70 bits per heavy atom. The molecule has 0 saturated carbocycles. The van der Waals surface area contributed by atoms with E-state index in [2.05, 4.69) is 30.4 Å². The van der Waals surface area contributed by atoms with Gasteiger partial charge >= 0.3 is 0 Å². The van der Waals surface area contributed by atoms with Gasteiger partial charge in [0.2, 0.25) is 5.91 Å². The van der Waals surface area contributed by atoms with Crippen LogP contribution in [0, 0.1) is 12.7 Å². The number of nitrogens with one attached hydrogen (secondary N) is 1. The van der Waals surface area contributed by atoms with E-state index in [9.17, 15) is 9.59 Å². The number of amides is 2. The van der Waals surface area contributed by atoms with Crippen LogP contribution in [0.5, 0.6) is 0 Å². The molecular weight excluding hydrogens is 587 g/mol. The molecule has 0 fully saturated rings. The van der Waals surface area contributed by atoms with E-state index in [1.165, 1.54) is 0 Å². The van der Waals surface area contributed by atoms with Crippen LogP contribution >= 0.6 is 0 Å². The number of hydrogen-bond acceptors (Lipinski definition) is 7. The number of hydrogen-bond donors (Lipinski definition) is 1. The third-order valence-electron chi connectivity index (χ3n) is 8.90. The molecule has 5 aromatic rings. The molecule has 236 valence electrons. The van der Waals surface area contributed by atoms with Crippen molar-refractivity contribution in [2.75, 3.05) is 13.1 Å². The van der Waals surface area contributed by atoms with E-state index in [-0.39, 0.29) is 30.3 Å². The molecule has 0 spiro atoms. The Bertz CT molecular complexity index is 1990. The van der Waals surface area contributed by atoms with E-state index in [1.54, 1.807) is 39.1 Å². The van der Waals surface area contributed by atoms with Gasteiger partial charge in [0.25, 0.3) is 5.91 Å². The fourth-order valence-corrected chi connectivity index (χ4v) is 6.51. The zero-order valence-corrected chi connectivity index (χ0v) is 26.1. The van der Waals surface area contributed by atoms with Crippen LogP contribution in [-0.2, 0) is 37.4 Å². The van der Waals surface area contributed by atoms with Crippen LogP contribution < -0.4 is 0 Å². The first-order valence-corrected chi connectivity index (χ1v) is 15.7. The van der Waals surface area contributed by atoms with Crippen molar-refractivity contribution in [3.05, 3.63) is 82.8 Å². The largest absolute Gasteiger partial charge is 0.348 e. The molecule has 0 bridgehead atoms. The first-order valence-electron chi connectivity index (χ1n) is 15.7. The van der Waals surface area contributed by atoms with E-state index in [0.29, 0.717) is 67.1 Å². The quantitative estimate of drug-likeness (QED) is 0.273. The smallest absolute Gasteiger partial charge is 0.270 e. The van der Waals surface area contributed by atoms with Gasteiger partial charge in [-0.15, -0.1) is 5.10 Å². The fourth-order valence-electron chi connectivity index (χ4n) is 6.51. The average molecular weight is 623 g/mol. The van der Waals surface area contributed by atoms with Gasteiger partial charge in [-0.05, 0) is 50.0 Å². The molecule has 2 aliphatic rings. The molecule has 1 N–H and O–H groups in total. The Balaban J connectivity index is 1.26. The molecule has 0 radical (unpaired) electrons. The molecule has 2 aliphatic heterocycles. The lowest BCUT2D eigenvalue weighted by Gasteiger charge is -2.28. The summed E-state index contributed by atoms with van der Waals surface area (Å²) in [7, 11) is 0. The minimum atomic E-state index is -0.460. The SMILES string of the molecule is CCc1nc(C)ncc1-c1cc(C2=CCCN(C(=O)CCn3ccnn3)C2)c(F)c2[nH]c(C(=O)N3Cc4cnn(CC)c4C3)cc12. The lowest BCUT2D eigenvalue weighted by Crippen LogP contribution is -2.36. The summed E-state index contributed by atoms with van der Waals surface area (Å²) in [6.45, 7) is 8.74. The van der Waals surface area contributed by atoms with E-state index in [4.69, 9.17) is 0 Å². The van der Waals surface area contributed by atoms with Crippen LogP contribution in [0.3, 0.4) is 0 Å². The van der Waals surface area contributed by atoms with Gasteiger partial charge in [-0.25, -0.2) is 14.4 Å². The number of rotatable bonds is 8. The number of nitrogens with zero attached hydrogens (tertiary/aromatic N) is 9. The van der Waals surface area contributed by atoms with Crippen molar-refractivity contribution in [1.82, 2.24) is 49.5 Å². The van der Waals surface area contributed by atoms with Crippen molar-refractivity contribution < 1.29 is 14.0 Å². The lowest BCUT2D eigenvalue weighted by atomic mass is 9.92. The topological polar surface area (TPSA) is 131 Å². The zero-order chi connectivity index (χ0) is 31.9. The number of fused-ring (bicyclic) bond motifs is 2. The summed E-state index contributed by atoms with van der Waals surface area (Å²) in [6, 6.07) is 3.56. The summed E-state index contributed by atoms with van der Waals surface area (Å²) < 4.78 is 20.1. The standard InChI is InChI=1S/C33H35FN10O2/c1-4-27-26(16-35-20(3)38-27)24-13-23(21-7-6-10-41(17-21)30(45)8-11-43-12-9-36-40-43)31(34)32-25(24)14-28(39-32)33(46)42-18-22-15-37-44(5-2)29(22)19-42/h7,9,12-16,39H,4-6,8,10-11,17-19H2,1-3H3. The molecule has 0 saturated heterocycles. The van der Waals surface area contributed by atoms with Gasteiger partial charge in [-0.3, -0.25) is 19.0 Å². The molecule has 4 aromatic heterocycles. The van der Waals surface area contributed by atoms with Gasteiger partial charge in [0.15, 0.2) is 5.82 Å². The molecule has 0 atom stereocenters. The van der Waals surface area contributed by atoms with Crippen molar-refractivity contribution in [3.8, 4) is 11.1 Å². The second kappa shape index (κ2) is 12.0. The van der Waals surface area contributed by atoms with Crippen LogP contribution in [0.1, 0.15) is 65.5 Å². The molecule has 7 rings (SSSR count). The van der Waals surface area contributed by atoms with Gasteiger partial charge in [0, 0.05) is 67.1 Å². The van der Waals surface area contributed by atoms with Gasteiger partial charge in [0.1, 0.15) is 11.5 Å². The number of aromatic nitrogens is 8. The summed E-state index contributed by atoms with van der Waals surface area (Å²) in [5.74, 6) is -0.0517. The molecule has 6 heterocycles. The Morgan fingerprint density at radius 1 is 1.04 bits per heavy atom. The van der Waals surface area contributed by atoms with E-state index >= 15 is 4.39 Å². The molecule has 12 nitrogen and oxygen atoms in total. The zero-order valence-electron chi connectivity index (χ0n) is 26.1. The molecule has 2 amide bonds. The third-order valence-corrected chi connectivity index (χ3v) is 8.90. The highest BCUT2D eigenvalue weighted by Gasteiger charge is 2.30. The highest BCUT2D eigenvalue weighted by molar-refractivity contribution is 6.05. The van der Waals surface area contributed by atoms with Crippen molar-refractivity contribution in [2.45, 2.75) is 66.2 Å². The van der Waals surface area contributed by atoms with E-state index in [0.717, 1.165) is 34.6 Å². The Morgan fingerprint density at radius 2 is 1.91 bits per heavy atom. The predicted molar refractivity (Wildman–Crippen MR) is 169 cm³/mol.